The summed E-state index contributed by atoms with van der Waals surface area (Å²) in [5, 5.41) is 13.4. The van der Waals surface area contributed by atoms with Crippen molar-refractivity contribution >= 4 is 23.7 Å². The number of nitrogens with zero attached hydrogens (tertiary/aromatic N) is 2. The lowest BCUT2D eigenvalue weighted by Gasteiger charge is -2.39. The monoisotopic (exact) mass is 657 g/mol. The molecule has 3 saturated heterocycles. The summed E-state index contributed by atoms with van der Waals surface area (Å²) in [6.07, 6.45) is 3.93. The Morgan fingerprint density at radius 2 is 1.81 bits per heavy atom. The summed E-state index contributed by atoms with van der Waals surface area (Å²) in [6, 6.07) is 16.5. The maximum absolute atomic E-state index is 14.6. The number of hydrogen-bond donors (Lipinski definition) is 2. The van der Waals surface area contributed by atoms with Gasteiger partial charge in [0.2, 0.25) is 17.7 Å². The molecule has 3 amide bonds. The van der Waals surface area contributed by atoms with Gasteiger partial charge in [-0.25, -0.2) is 0 Å². The minimum atomic E-state index is -1.26. The van der Waals surface area contributed by atoms with E-state index in [0.29, 0.717) is 37.8 Å². The lowest BCUT2D eigenvalue weighted by atomic mass is 9.70. The van der Waals surface area contributed by atoms with E-state index in [2.05, 4.69) is 18.5 Å². The molecule has 10 heteroatoms. The second-order valence-electron chi connectivity index (χ2n) is 13.0. The Hall–Kier alpha value is -4.28. The van der Waals surface area contributed by atoms with E-state index >= 15 is 0 Å². The summed E-state index contributed by atoms with van der Waals surface area (Å²) >= 11 is 0. The number of carbonyl (C=O) groups excluding carboxylic acids is 4. The van der Waals surface area contributed by atoms with Crippen LogP contribution >= 0.6 is 0 Å². The summed E-state index contributed by atoms with van der Waals surface area (Å²) in [7, 11) is 0. The molecule has 256 valence electrons. The van der Waals surface area contributed by atoms with Crippen LogP contribution in [0.2, 0.25) is 0 Å². The molecule has 3 aliphatic rings. The van der Waals surface area contributed by atoms with Crippen LogP contribution in [0.15, 0.2) is 86.0 Å². The molecule has 0 aromatic heterocycles. The van der Waals surface area contributed by atoms with E-state index in [4.69, 9.17) is 9.47 Å². The third kappa shape index (κ3) is 6.69. The molecule has 3 aliphatic heterocycles. The van der Waals surface area contributed by atoms with E-state index in [9.17, 15) is 24.3 Å². The number of likely N-dealkylation sites (tertiary alicyclic amines) is 1. The zero-order valence-corrected chi connectivity index (χ0v) is 27.8. The molecule has 0 saturated carbocycles. The van der Waals surface area contributed by atoms with E-state index in [1.165, 1.54) is 4.90 Å². The second-order valence-corrected chi connectivity index (χ2v) is 13.0. The first-order valence-electron chi connectivity index (χ1n) is 16.9. The van der Waals surface area contributed by atoms with Crippen LogP contribution in [-0.2, 0) is 35.2 Å². The van der Waals surface area contributed by atoms with Crippen LogP contribution in [0.5, 0.6) is 0 Å². The van der Waals surface area contributed by atoms with Crippen LogP contribution in [0.4, 0.5) is 0 Å². The molecule has 2 N–H and O–H groups in total. The Bertz CT molecular complexity index is 1480. The smallest absolute Gasteiger partial charge is 0.313 e. The normalized spacial score (nSPS) is 25.9. The topological polar surface area (TPSA) is 125 Å². The van der Waals surface area contributed by atoms with Gasteiger partial charge in [0.15, 0.2) is 0 Å². The van der Waals surface area contributed by atoms with Gasteiger partial charge in [-0.05, 0) is 43.7 Å². The zero-order chi connectivity index (χ0) is 34.4. The van der Waals surface area contributed by atoms with Crippen molar-refractivity contribution in [2.45, 2.75) is 88.4 Å². The van der Waals surface area contributed by atoms with Gasteiger partial charge in [-0.2, -0.15) is 0 Å². The molecular weight excluding hydrogens is 610 g/mol. The van der Waals surface area contributed by atoms with E-state index < -0.39 is 59.6 Å². The number of esters is 1. The number of benzene rings is 2. The highest BCUT2D eigenvalue weighted by atomic mass is 16.6. The summed E-state index contributed by atoms with van der Waals surface area (Å²) in [5.41, 5.74) is 0.358. The Labute approximate surface area is 282 Å². The average Bonchev–Trinajstić information content (AvgIpc) is 3.74. The fraction of sp³-hybridized carbons (Fsp3) is 0.474. The molecule has 0 unspecified atom stereocenters. The first-order chi connectivity index (χ1) is 23.2. The third-order valence-electron chi connectivity index (χ3n) is 9.99. The molecule has 1 spiro atoms. The molecule has 3 fully saturated rings. The van der Waals surface area contributed by atoms with E-state index in [1.807, 2.05) is 67.6 Å². The fourth-order valence-corrected chi connectivity index (χ4v) is 7.75. The van der Waals surface area contributed by atoms with Gasteiger partial charge in [-0.3, -0.25) is 19.2 Å². The predicted octanol–water partition coefficient (Wildman–Crippen LogP) is 4.10. The van der Waals surface area contributed by atoms with Crippen LogP contribution in [0.25, 0.3) is 0 Å². The standard InChI is InChI=1S/C38H47N3O7/c1-5-8-19-30(43)39-25(4)33(27-17-13-10-14-18-27)47-37(46)31-29-20-21-38(48-29)32(31)35(44)41(28(7-3)24-42)34(38)36(45)40(22-6-2)23-26-15-11-9-12-16-26/h5-6,9-18,25,28-29,31-34,42H,1-2,7-8,19-24H2,3-4H3,(H,39,43)/t25-,28+,29+,31-,32-,33-,34+,38-/m1/s1. The number of aliphatic hydroxyl groups excluding tert-OH is 1. The van der Waals surface area contributed by atoms with Crippen LogP contribution in [0.3, 0.4) is 0 Å². The molecule has 0 aliphatic carbocycles. The molecule has 5 rings (SSSR count). The van der Waals surface area contributed by atoms with Gasteiger partial charge in [0.05, 0.1) is 36.6 Å². The first-order valence-corrected chi connectivity index (χ1v) is 16.9. The summed E-state index contributed by atoms with van der Waals surface area (Å²) in [6.45, 7) is 11.4. The molecule has 2 bridgehead atoms. The molecule has 10 nitrogen and oxygen atoms in total. The third-order valence-corrected chi connectivity index (χ3v) is 9.99. The second kappa shape index (κ2) is 15.3. The van der Waals surface area contributed by atoms with Gasteiger partial charge in [-0.1, -0.05) is 79.7 Å². The van der Waals surface area contributed by atoms with Crippen molar-refractivity contribution in [3.63, 3.8) is 0 Å². The lowest BCUT2D eigenvalue weighted by molar-refractivity contribution is -0.162. The van der Waals surface area contributed by atoms with Crippen LogP contribution in [0.1, 0.15) is 63.2 Å². The van der Waals surface area contributed by atoms with Crippen LogP contribution < -0.4 is 5.32 Å². The average molecular weight is 658 g/mol. The van der Waals surface area contributed by atoms with Crippen molar-refractivity contribution < 1.29 is 33.8 Å². The highest BCUT2D eigenvalue weighted by Crippen LogP contribution is 2.59. The van der Waals surface area contributed by atoms with Crippen molar-refractivity contribution in [2.24, 2.45) is 11.8 Å². The van der Waals surface area contributed by atoms with Gasteiger partial charge < -0.3 is 29.7 Å². The molecule has 3 heterocycles. The number of ether oxygens (including phenoxy) is 2. The highest BCUT2D eigenvalue weighted by Gasteiger charge is 2.75. The first kappa shape index (κ1) is 35.0. The van der Waals surface area contributed by atoms with E-state index in [-0.39, 0.29) is 31.4 Å². The lowest BCUT2D eigenvalue weighted by Crippen LogP contribution is -2.58. The van der Waals surface area contributed by atoms with Gasteiger partial charge in [0, 0.05) is 19.5 Å². The van der Waals surface area contributed by atoms with E-state index in [1.54, 1.807) is 24.0 Å². The zero-order valence-electron chi connectivity index (χ0n) is 27.8. The number of fused-ring (bicyclic) bond motifs is 1. The van der Waals surface area contributed by atoms with Gasteiger partial charge in [0.1, 0.15) is 17.7 Å². The quantitative estimate of drug-likeness (QED) is 0.206. The van der Waals surface area contributed by atoms with Crippen molar-refractivity contribution in [1.29, 1.82) is 0 Å². The van der Waals surface area contributed by atoms with Crippen molar-refractivity contribution in [3.05, 3.63) is 97.1 Å². The predicted molar refractivity (Wildman–Crippen MR) is 180 cm³/mol. The number of aliphatic hydroxyl groups is 1. The number of nitrogens with one attached hydrogen (secondary N) is 1. The maximum atomic E-state index is 14.6. The SMILES string of the molecule is C=CCCC(=O)N[C@H](C)[C@@H](OC(=O)[C@@H]1[C@@H]2CC[C@]3(O2)[C@H](C(=O)N(CC=C)Cc2ccccc2)N([C@@H](CC)CO)C(=O)[C@@H]13)c1ccccc1. The van der Waals surface area contributed by atoms with E-state index in [0.717, 1.165) is 5.56 Å². The Kier molecular flexibility index (Phi) is 11.2. The van der Waals surface area contributed by atoms with Gasteiger partial charge >= 0.3 is 5.97 Å². The molecule has 0 radical (unpaired) electrons. The number of carbonyl (C=O) groups is 4. The maximum Gasteiger partial charge on any atom is 0.313 e. The summed E-state index contributed by atoms with van der Waals surface area (Å²) in [5.74, 6) is -3.43. The molecule has 8 atom stereocenters. The van der Waals surface area contributed by atoms with Crippen molar-refractivity contribution in [3.8, 4) is 0 Å². The number of rotatable bonds is 16. The van der Waals surface area contributed by atoms with Gasteiger partial charge in [0.25, 0.3) is 0 Å². The van der Waals surface area contributed by atoms with Crippen molar-refractivity contribution in [1.82, 2.24) is 15.1 Å². The number of hydrogen-bond acceptors (Lipinski definition) is 7. The molecule has 2 aromatic rings. The minimum Gasteiger partial charge on any atom is -0.455 e. The number of allylic oxidation sites excluding steroid dienone is 1. The molecular formula is C38H47N3O7. The highest BCUT2D eigenvalue weighted by molar-refractivity contribution is 5.98. The van der Waals surface area contributed by atoms with Crippen LogP contribution in [-0.4, -0.2) is 81.6 Å². The molecule has 48 heavy (non-hydrogen) atoms. The fourth-order valence-electron chi connectivity index (χ4n) is 7.75. The largest absolute Gasteiger partial charge is 0.455 e. The summed E-state index contributed by atoms with van der Waals surface area (Å²) < 4.78 is 12.8. The summed E-state index contributed by atoms with van der Waals surface area (Å²) in [4.78, 5) is 59.2. The Balaban J connectivity index is 1.47. The Morgan fingerprint density at radius 3 is 2.44 bits per heavy atom. The van der Waals surface area contributed by atoms with Gasteiger partial charge in [-0.15, -0.1) is 13.2 Å². The van der Waals surface area contributed by atoms with Crippen molar-refractivity contribution in [2.75, 3.05) is 13.2 Å². The number of amides is 3. The van der Waals surface area contributed by atoms with Crippen LogP contribution in [0, 0.1) is 11.8 Å². The molecule has 2 aromatic carbocycles. The Morgan fingerprint density at radius 1 is 1.12 bits per heavy atom. The minimum absolute atomic E-state index is 0.196.